The van der Waals surface area contributed by atoms with Crippen LogP contribution in [0.25, 0.3) is 0 Å². The third-order valence-corrected chi connectivity index (χ3v) is 11.0. The number of ether oxygens (including phenoxy) is 1. The van der Waals surface area contributed by atoms with Gasteiger partial charge in [0, 0.05) is 57.7 Å². The minimum absolute atomic E-state index is 0.187. The molecule has 2 fully saturated rings. The van der Waals surface area contributed by atoms with E-state index in [1.165, 1.54) is 5.57 Å². The Morgan fingerprint density at radius 1 is 1.25 bits per heavy atom. The Kier molecular flexibility index (Phi) is 4.83. The largest absolute Gasteiger partial charge is 0.501 e. The molecule has 0 heterocycles. The molecule has 0 aromatic carbocycles. The number of carbonyl (C=O) groups is 1. The number of methoxy groups -OCH3 is 1. The molecule has 4 rings (SSSR count). The monoisotopic (exact) mass is 518 g/mol. The standard InChI is InChI=1S/C23H35IO3S/c1-22-10-8-17(27-3)13-16(22)6-7-18-19(22)9-11-23(2)20(25)12-15(21(18)23)14-28(4,5,24)26/h6,13,15,18-19,21H,7-12,14H2,1-5H3/t15-,18+,19-,21-,22-,23+/m0/s1. The zero-order valence-corrected chi connectivity index (χ0v) is 20.9. The van der Waals surface area contributed by atoms with Crippen molar-refractivity contribution in [2.24, 2.45) is 34.5 Å². The summed E-state index contributed by atoms with van der Waals surface area (Å²) in [4.78, 5) is 13.1. The van der Waals surface area contributed by atoms with Crippen LogP contribution < -0.4 is 0 Å². The summed E-state index contributed by atoms with van der Waals surface area (Å²) in [5.74, 6) is 4.01. The third kappa shape index (κ3) is 3.36. The molecule has 2 saturated carbocycles. The van der Waals surface area contributed by atoms with Gasteiger partial charge in [-0.3, -0.25) is 9.00 Å². The van der Waals surface area contributed by atoms with Crippen LogP contribution in [0.5, 0.6) is 0 Å². The van der Waals surface area contributed by atoms with Gasteiger partial charge >= 0.3 is 0 Å². The molecule has 0 N–H and O–H groups in total. The van der Waals surface area contributed by atoms with Crippen LogP contribution in [0.2, 0.25) is 0 Å². The molecule has 3 nitrogen and oxygen atoms in total. The minimum atomic E-state index is -2.67. The van der Waals surface area contributed by atoms with Gasteiger partial charge < -0.3 is 4.74 Å². The van der Waals surface area contributed by atoms with E-state index < -0.39 is 6.24 Å². The van der Waals surface area contributed by atoms with E-state index in [2.05, 4.69) is 47.2 Å². The summed E-state index contributed by atoms with van der Waals surface area (Å²) in [6.45, 7) is 4.66. The van der Waals surface area contributed by atoms with Gasteiger partial charge in [-0.1, -0.05) is 26.2 Å². The summed E-state index contributed by atoms with van der Waals surface area (Å²) >= 11 is 2.17. The normalized spacial score (nSPS) is 44.4. The van der Waals surface area contributed by atoms with Crippen LogP contribution in [0, 0.1) is 34.5 Å². The lowest BCUT2D eigenvalue weighted by Crippen LogP contribution is -2.51. The van der Waals surface area contributed by atoms with E-state index >= 15 is 0 Å². The molecule has 158 valence electrons. The van der Waals surface area contributed by atoms with Gasteiger partial charge in [-0.05, 0) is 66.4 Å². The van der Waals surface area contributed by atoms with Gasteiger partial charge in [0.15, 0.2) is 0 Å². The lowest BCUT2D eigenvalue weighted by molar-refractivity contribution is -0.131. The Balaban J connectivity index is 1.72. The number of hydrogen-bond acceptors (Lipinski definition) is 3. The van der Waals surface area contributed by atoms with E-state index in [1.54, 1.807) is 7.11 Å². The molecule has 0 saturated heterocycles. The summed E-state index contributed by atoms with van der Waals surface area (Å²) < 4.78 is 18.7. The van der Waals surface area contributed by atoms with Gasteiger partial charge in [-0.25, -0.2) is 0 Å². The summed E-state index contributed by atoms with van der Waals surface area (Å²) in [6, 6.07) is 0. The second kappa shape index (κ2) is 6.41. The van der Waals surface area contributed by atoms with Crippen molar-refractivity contribution < 1.29 is 13.7 Å². The number of rotatable bonds is 3. The van der Waals surface area contributed by atoms with Crippen molar-refractivity contribution in [2.45, 2.75) is 52.4 Å². The first-order chi connectivity index (χ1) is 12.8. The van der Waals surface area contributed by atoms with Crippen molar-refractivity contribution in [2.75, 3.05) is 25.4 Å². The molecule has 28 heavy (non-hydrogen) atoms. The van der Waals surface area contributed by atoms with E-state index in [1.807, 2.05) is 12.5 Å². The Morgan fingerprint density at radius 2 is 1.96 bits per heavy atom. The highest BCUT2D eigenvalue weighted by molar-refractivity contribution is 14.2. The second-order valence-electron chi connectivity index (χ2n) is 10.9. The maximum absolute atomic E-state index is 13.2. The number of allylic oxidation sites excluding steroid dienone is 4. The van der Waals surface area contributed by atoms with Crippen molar-refractivity contribution in [3.8, 4) is 0 Å². The van der Waals surface area contributed by atoms with Crippen LogP contribution in [0.3, 0.4) is 0 Å². The van der Waals surface area contributed by atoms with Crippen LogP contribution in [-0.2, 0) is 15.8 Å². The average molecular weight is 519 g/mol. The molecule has 6 atom stereocenters. The first-order valence-corrected chi connectivity index (χ1v) is 16.1. The molecule has 0 spiro atoms. The number of carbonyl (C=O) groups excluding carboxylic acids is 1. The molecule has 0 unspecified atom stereocenters. The number of Topliss-reactive ketones (excluding diaryl/α,β-unsaturated/α-hetero) is 1. The summed E-state index contributed by atoms with van der Waals surface area (Å²) in [7, 11) is 1.77. The van der Waals surface area contributed by atoms with Crippen molar-refractivity contribution >= 4 is 33.2 Å². The van der Waals surface area contributed by atoms with Crippen LogP contribution in [0.1, 0.15) is 52.4 Å². The Morgan fingerprint density at radius 3 is 2.61 bits per heavy atom. The Bertz CT molecular complexity index is 826. The highest BCUT2D eigenvalue weighted by Crippen LogP contribution is 2.65. The van der Waals surface area contributed by atoms with Gasteiger partial charge in [0.1, 0.15) is 5.78 Å². The number of halogens is 1. The summed E-state index contributed by atoms with van der Waals surface area (Å²) in [5.41, 5.74) is 1.42. The second-order valence-corrected chi connectivity index (χ2v) is 23.3. The fourth-order valence-electron chi connectivity index (χ4n) is 7.27. The lowest BCUT2D eigenvalue weighted by atomic mass is 9.48. The highest BCUT2D eigenvalue weighted by atomic mass is 127. The van der Waals surface area contributed by atoms with E-state index in [4.69, 9.17) is 4.74 Å². The van der Waals surface area contributed by atoms with Crippen molar-refractivity contribution in [3.63, 3.8) is 0 Å². The number of hydrogen-bond donors (Lipinski definition) is 0. The Labute approximate surface area is 182 Å². The summed E-state index contributed by atoms with van der Waals surface area (Å²) in [6.07, 6.45) is 11.8. The molecule has 0 amide bonds. The molecular weight excluding hydrogens is 483 g/mol. The topological polar surface area (TPSA) is 43.4 Å². The fraction of sp³-hybridized carbons (Fsp3) is 0.783. The minimum Gasteiger partial charge on any atom is -0.501 e. The van der Waals surface area contributed by atoms with E-state index in [0.29, 0.717) is 35.7 Å². The van der Waals surface area contributed by atoms with Gasteiger partial charge in [-0.2, -0.15) is 0 Å². The van der Waals surface area contributed by atoms with Gasteiger partial charge in [0.2, 0.25) is 0 Å². The fourth-order valence-corrected chi connectivity index (χ4v) is 10.2. The predicted molar refractivity (Wildman–Crippen MR) is 125 cm³/mol. The lowest BCUT2D eigenvalue weighted by Gasteiger charge is -2.56. The molecular formula is C23H35IO3S. The maximum Gasteiger partial charge on any atom is 0.139 e. The SMILES string of the molecule is COC1=CC2=CC[C@H]3[C@@H]4[C@H](CS(C)(C)(=O)I)CC(=O)[C@@]4(C)CC[C@@H]3[C@@]2(C)CC1. The number of ketones is 1. The van der Waals surface area contributed by atoms with Crippen molar-refractivity contribution in [3.05, 3.63) is 23.5 Å². The first-order valence-electron chi connectivity index (χ1n) is 10.6. The van der Waals surface area contributed by atoms with E-state index in [-0.39, 0.29) is 16.7 Å². The van der Waals surface area contributed by atoms with Gasteiger partial charge in [0.25, 0.3) is 0 Å². The van der Waals surface area contributed by atoms with Crippen molar-refractivity contribution in [1.82, 2.24) is 0 Å². The van der Waals surface area contributed by atoms with Crippen LogP contribution in [0.4, 0.5) is 0 Å². The van der Waals surface area contributed by atoms with Crippen LogP contribution in [-0.4, -0.2) is 35.4 Å². The first kappa shape index (κ1) is 21.1. The molecule has 0 aliphatic heterocycles. The molecule has 5 heteroatoms. The number of fused-ring (bicyclic) bond motifs is 5. The molecule has 4 aliphatic rings. The highest BCUT2D eigenvalue weighted by Gasteiger charge is 2.61. The average Bonchev–Trinajstić information content (AvgIpc) is 2.82. The molecule has 0 radical (unpaired) electrons. The Hall–Kier alpha value is -0.170. The third-order valence-electron chi connectivity index (χ3n) is 8.52. The van der Waals surface area contributed by atoms with Gasteiger partial charge in [0.05, 0.1) is 12.9 Å². The molecule has 0 aromatic heterocycles. The summed E-state index contributed by atoms with van der Waals surface area (Å²) in [5, 5.41) is 0. The maximum atomic E-state index is 13.2. The smallest absolute Gasteiger partial charge is 0.139 e. The molecule has 4 aliphatic carbocycles. The zero-order chi connectivity index (χ0) is 20.6. The van der Waals surface area contributed by atoms with Crippen LogP contribution >= 0.6 is 21.2 Å². The van der Waals surface area contributed by atoms with E-state index in [9.17, 15) is 9.00 Å². The van der Waals surface area contributed by atoms with Crippen molar-refractivity contribution in [1.29, 1.82) is 0 Å². The zero-order valence-electron chi connectivity index (χ0n) is 17.9. The molecule has 0 aromatic rings. The van der Waals surface area contributed by atoms with Crippen LogP contribution in [0.15, 0.2) is 23.5 Å². The predicted octanol–water partition coefficient (Wildman–Crippen LogP) is 5.31. The quantitative estimate of drug-likeness (QED) is 0.376. The molecule has 0 bridgehead atoms. The van der Waals surface area contributed by atoms with E-state index in [0.717, 1.165) is 37.9 Å². The van der Waals surface area contributed by atoms with Gasteiger partial charge in [-0.15, -0.1) is 0 Å².